The lowest BCUT2D eigenvalue weighted by Crippen LogP contribution is -2.02. The van der Waals surface area contributed by atoms with Gasteiger partial charge in [0.1, 0.15) is 5.82 Å². The third kappa shape index (κ3) is 2.49. The molecule has 0 aliphatic carbocycles. The van der Waals surface area contributed by atoms with Crippen LogP contribution in [0.15, 0.2) is 47.2 Å². The van der Waals surface area contributed by atoms with Crippen molar-refractivity contribution in [1.29, 1.82) is 0 Å². The van der Waals surface area contributed by atoms with Gasteiger partial charge in [-0.3, -0.25) is 0 Å². The second-order valence-electron chi connectivity index (χ2n) is 4.57. The maximum Gasteiger partial charge on any atom is 0.157 e. The average molecular weight is 329 g/mol. The average Bonchev–Trinajstić information content (AvgIpc) is 2.87. The summed E-state index contributed by atoms with van der Waals surface area (Å²) in [7, 11) is 0. The van der Waals surface area contributed by atoms with Gasteiger partial charge in [-0.1, -0.05) is 34.1 Å². The first kappa shape index (κ1) is 13.0. The Labute approximate surface area is 125 Å². The fraction of sp³-hybridized carbons (Fsp3) is 0.133. The molecule has 3 aromatic rings. The van der Waals surface area contributed by atoms with Gasteiger partial charge in [0.05, 0.1) is 6.20 Å². The van der Waals surface area contributed by atoms with Crippen molar-refractivity contribution in [2.75, 3.05) is 0 Å². The summed E-state index contributed by atoms with van der Waals surface area (Å²) in [6, 6.07) is 10.0. The Morgan fingerprint density at radius 1 is 1.10 bits per heavy atom. The molecule has 0 fully saturated rings. The zero-order valence-electron chi connectivity index (χ0n) is 11.2. The smallest absolute Gasteiger partial charge is 0.157 e. The molecule has 0 saturated heterocycles. The van der Waals surface area contributed by atoms with Crippen LogP contribution in [0, 0.1) is 13.8 Å². The summed E-state index contributed by atoms with van der Waals surface area (Å²) in [5.74, 6) is 1.53. The summed E-state index contributed by atoms with van der Waals surface area (Å²) in [5, 5.41) is 4.39. The number of hydrogen-bond donors (Lipinski definition) is 0. The van der Waals surface area contributed by atoms with Gasteiger partial charge in [0.25, 0.3) is 0 Å². The van der Waals surface area contributed by atoms with Gasteiger partial charge in [-0.25, -0.2) is 14.6 Å². The molecule has 0 radical (unpaired) electrons. The van der Waals surface area contributed by atoms with Crippen LogP contribution in [0.5, 0.6) is 0 Å². The lowest BCUT2D eigenvalue weighted by atomic mass is 10.1. The third-order valence-corrected chi connectivity index (χ3v) is 3.65. The predicted octanol–water partition coefficient (Wildman–Crippen LogP) is 3.71. The molecule has 0 saturated carbocycles. The first-order valence-corrected chi connectivity index (χ1v) is 7.05. The van der Waals surface area contributed by atoms with Gasteiger partial charge >= 0.3 is 0 Å². The van der Waals surface area contributed by atoms with Crippen LogP contribution < -0.4 is 0 Å². The number of hydrogen-bond acceptors (Lipinski definition) is 3. The Morgan fingerprint density at radius 3 is 2.65 bits per heavy atom. The second kappa shape index (κ2) is 5.17. The molecule has 1 aromatic carbocycles. The minimum absolute atomic E-state index is 0.748. The van der Waals surface area contributed by atoms with Crippen molar-refractivity contribution in [3.63, 3.8) is 0 Å². The molecule has 5 heteroatoms. The predicted molar refractivity (Wildman–Crippen MR) is 81.8 cm³/mol. The van der Waals surface area contributed by atoms with Crippen LogP contribution in [-0.4, -0.2) is 19.7 Å². The Morgan fingerprint density at radius 2 is 1.90 bits per heavy atom. The monoisotopic (exact) mass is 328 g/mol. The Hall–Kier alpha value is -2.01. The summed E-state index contributed by atoms with van der Waals surface area (Å²) in [6.07, 6.45) is 3.81. The molecule has 4 nitrogen and oxygen atoms in total. The zero-order chi connectivity index (χ0) is 14.1. The Balaban J connectivity index is 2.04. The molecule has 0 aliphatic heterocycles. The first-order valence-electron chi connectivity index (χ1n) is 6.26. The quantitative estimate of drug-likeness (QED) is 0.720. The highest BCUT2D eigenvalue weighted by Gasteiger charge is 2.08. The molecule has 2 aromatic heterocycles. The standard InChI is InChI=1S/C15H13BrN4/c1-10-7-15(19-11(2)18-10)20-9-12(8-17-20)13-5-3-4-6-14(13)16/h3-9H,1-2H3. The number of aromatic nitrogens is 4. The van der Waals surface area contributed by atoms with Gasteiger partial charge in [-0.05, 0) is 25.5 Å². The van der Waals surface area contributed by atoms with E-state index in [4.69, 9.17) is 0 Å². The first-order chi connectivity index (χ1) is 9.63. The van der Waals surface area contributed by atoms with E-state index in [1.165, 1.54) is 0 Å². The van der Waals surface area contributed by atoms with Crippen molar-refractivity contribution in [2.24, 2.45) is 0 Å². The molecule has 2 heterocycles. The molecule has 100 valence electrons. The highest BCUT2D eigenvalue weighted by atomic mass is 79.9. The molecule has 0 N–H and O–H groups in total. The Kier molecular flexibility index (Phi) is 3.36. The summed E-state index contributed by atoms with van der Waals surface area (Å²) >= 11 is 3.56. The zero-order valence-corrected chi connectivity index (χ0v) is 12.8. The van der Waals surface area contributed by atoms with Crippen LogP contribution >= 0.6 is 15.9 Å². The second-order valence-corrected chi connectivity index (χ2v) is 5.42. The number of benzene rings is 1. The van der Waals surface area contributed by atoms with E-state index in [1.807, 2.05) is 50.5 Å². The topological polar surface area (TPSA) is 43.6 Å². The van der Waals surface area contributed by atoms with Crippen LogP contribution in [0.2, 0.25) is 0 Å². The van der Waals surface area contributed by atoms with E-state index in [9.17, 15) is 0 Å². The summed E-state index contributed by atoms with van der Waals surface area (Å²) in [6.45, 7) is 3.84. The Bertz CT molecular complexity index is 744. The van der Waals surface area contributed by atoms with Gasteiger partial charge < -0.3 is 0 Å². The minimum Gasteiger partial charge on any atom is -0.238 e. The van der Waals surface area contributed by atoms with Crippen molar-refractivity contribution in [3.8, 4) is 16.9 Å². The molecular formula is C15H13BrN4. The number of halogens is 1. The molecule has 0 spiro atoms. The molecule has 20 heavy (non-hydrogen) atoms. The third-order valence-electron chi connectivity index (χ3n) is 2.95. The van der Waals surface area contributed by atoms with E-state index in [0.29, 0.717) is 0 Å². The van der Waals surface area contributed by atoms with Crippen LogP contribution in [0.25, 0.3) is 16.9 Å². The van der Waals surface area contributed by atoms with E-state index in [1.54, 1.807) is 4.68 Å². The fourth-order valence-electron chi connectivity index (χ4n) is 2.10. The van der Waals surface area contributed by atoms with Gasteiger partial charge in [0, 0.05) is 28.0 Å². The van der Waals surface area contributed by atoms with E-state index in [-0.39, 0.29) is 0 Å². The van der Waals surface area contributed by atoms with Crippen molar-refractivity contribution < 1.29 is 0 Å². The molecule has 0 aliphatic rings. The van der Waals surface area contributed by atoms with Gasteiger partial charge in [-0.15, -0.1) is 0 Å². The normalized spacial score (nSPS) is 10.8. The van der Waals surface area contributed by atoms with Crippen molar-refractivity contribution in [3.05, 3.63) is 58.7 Å². The molecule has 0 atom stereocenters. The van der Waals surface area contributed by atoms with Crippen LogP contribution in [0.1, 0.15) is 11.5 Å². The van der Waals surface area contributed by atoms with Crippen LogP contribution in [0.3, 0.4) is 0 Å². The largest absolute Gasteiger partial charge is 0.238 e. The SMILES string of the molecule is Cc1cc(-n2cc(-c3ccccc3Br)cn2)nc(C)n1. The van der Waals surface area contributed by atoms with Gasteiger partial charge in [0.15, 0.2) is 5.82 Å². The fourth-order valence-corrected chi connectivity index (χ4v) is 2.61. The lowest BCUT2D eigenvalue weighted by Gasteiger charge is -2.03. The molecule has 3 rings (SSSR count). The maximum absolute atomic E-state index is 4.41. The maximum atomic E-state index is 4.41. The molecule has 0 bridgehead atoms. The van der Waals surface area contributed by atoms with Gasteiger partial charge in [0.2, 0.25) is 0 Å². The van der Waals surface area contributed by atoms with E-state index < -0.39 is 0 Å². The summed E-state index contributed by atoms with van der Waals surface area (Å²) in [5.41, 5.74) is 3.10. The van der Waals surface area contributed by atoms with Crippen molar-refractivity contribution >= 4 is 15.9 Å². The van der Waals surface area contributed by atoms with Crippen LogP contribution in [-0.2, 0) is 0 Å². The minimum atomic E-state index is 0.748. The highest BCUT2D eigenvalue weighted by molar-refractivity contribution is 9.10. The van der Waals surface area contributed by atoms with Crippen molar-refractivity contribution in [2.45, 2.75) is 13.8 Å². The van der Waals surface area contributed by atoms with E-state index in [0.717, 1.165) is 32.9 Å². The van der Waals surface area contributed by atoms with Crippen molar-refractivity contribution in [1.82, 2.24) is 19.7 Å². The molecular weight excluding hydrogens is 316 g/mol. The molecule has 0 unspecified atom stereocenters. The highest BCUT2D eigenvalue weighted by Crippen LogP contribution is 2.27. The number of aryl methyl sites for hydroxylation is 2. The van der Waals surface area contributed by atoms with E-state index >= 15 is 0 Å². The summed E-state index contributed by atoms with van der Waals surface area (Å²) < 4.78 is 2.82. The number of nitrogens with zero attached hydrogens (tertiary/aromatic N) is 4. The van der Waals surface area contributed by atoms with Crippen LogP contribution in [0.4, 0.5) is 0 Å². The van der Waals surface area contributed by atoms with E-state index in [2.05, 4.69) is 37.1 Å². The summed E-state index contributed by atoms with van der Waals surface area (Å²) in [4.78, 5) is 8.69. The number of rotatable bonds is 2. The lowest BCUT2D eigenvalue weighted by molar-refractivity contribution is 0.822. The van der Waals surface area contributed by atoms with Gasteiger partial charge in [-0.2, -0.15) is 5.10 Å². The molecule has 0 amide bonds.